The summed E-state index contributed by atoms with van der Waals surface area (Å²) >= 11 is 4.37. The van der Waals surface area contributed by atoms with E-state index < -0.39 is 0 Å². The van der Waals surface area contributed by atoms with Gasteiger partial charge in [-0.2, -0.15) is 12.6 Å². The first-order chi connectivity index (χ1) is 10.8. The molecule has 0 saturated carbocycles. The highest BCUT2D eigenvalue weighted by Gasteiger charge is 2.26. The standard InChI is InChI=1S/C16H18N4OS/c22-9-7-18-11-19(10-13-4-3-8-21-13)16-17-14-5-1-2-6-15(14)20(16)12-18/h1-6,8,22H,7,9-12H2. The molecule has 0 fully saturated rings. The van der Waals surface area contributed by atoms with Crippen molar-refractivity contribution in [2.24, 2.45) is 0 Å². The van der Waals surface area contributed by atoms with Gasteiger partial charge in [0.2, 0.25) is 5.95 Å². The van der Waals surface area contributed by atoms with Crippen molar-refractivity contribution in [3.63, 3.8) is 0 Å². The van der Waals surface area contributed by atoms with Gasteiger partial charge in [0.1, 0.15) is 5.76 Å². The quantitative estimate of drug-likeness (QED) is 0.752. The highest BCUT2D eigenvalue weighted by molar-refractivity contribution is 7.80. The molecule has 0 bridgehead atoms. The van der Waals surface area contributed by atoms with Crippen LogP contribution in [0.2, 0.25) is 0 Å². The minimum absolute atomic E-state index is 0.722. The van der Waals surface area contributed by atoms with Crippen LogP contribution in [0.5, 0.6) is 0 Å². The Balaban J connectivity index is 1.75. The van der Waals surface area contributed by atoms with Crippen LogP contribution >= 0.6 is 12.6 Å². The smallest absolute Gasteiger partial charge is 0.209 e. The fourth-order valence-corrected chi connectivity index (χ4v) is 3.27. The Hall–Kier alpha value is -1.92. The van der Waals surface area contributed by atoms with Gasteiger partial charge in [-0.15, -0.1) is 0 Å². The van der Waals surface area contributed by atoms with Crippen LogP contribution in [0.15, 0.2) is 47.1 Å². The van der Waals surface area contributed by atoms with E-state index in [-0.39, 0.29) is 0 Å². The van der Waals surface area contributed by atoms with Crippen molar-refractivity contribution < 1.29 is 4.42 Å². The summed E-state index contributed by atoms with van der Waals surface area (Å²) < 4.78 is 7.78. The number of hydrogen-bond acceptors (Lipinski definition) is 5. The summed E-state index contributed by atoms with van der Waals surface area (Å²) in [4.78, 5) is 9.44. The molecule has 1 aliphatic heterocycles. The van der Waals surface area contributed by atoms with E-state index >= 15 is 0 Å². The highest BCUT2D eigenvalue weighted by atomic mass is 32.1. The molecular weight excluding hydrogens is 296 g/mol. The van der Waals surface area contributed by atoms with E-state index in [9.17, 15) is 0 Å². The Labute approximate surface area is 134 Å². The Bertz CT molecular complexity index is 768. The highest BCUT2D eigenvalue weighted by Crippen LogP contribution is 2.28. The second-order valence-corrected chi connectivity index (χ2v) is 5.95. The Morgan fingerprint density at radius 2 is 2.05 bits per heavy atom. The van der Waals surface area contributed by atoms with Crippen LogP contribution in [-0.2, 0) is 13.2 Å². The Morgan fingerprint density at radius 3 is 2.86 bits per heavy atom. The fraction of sp³-hybridized carbons (Fsp3) is 0.312. The number of imidazole rings is 1. The normalized spacial score (nSPS) is 15.4. The molecule has 6 heteroatoms. The van der Waals surface area contributed by atoms with E-state index in [1.165, 1.54) is 5.52 Å². The maximum atomic E-state index is 5.51. The minimum Gasteiger partial charge on any atom is -0.467 e. The van der Waals surface area contributed by atoms with E-state index in [2.05, 4.69) is 45.2 Å². The zero-order valence-corrected chi connectivity index (χ0v) is 13.1. The van der Waals surface area contributed by atoms with Gasteiger partial charge in [-0.05, 0) is 24.3 Å². The topological polar surface area (TPSA) is 37.4 Å². The molecule has 4 rings (SSSR count). The van der Waals surface area contributed by atoms with Crippen LogP contribution in [0.3, 0.4) is 0 Å². The summed E-state index contributed by atoms with van der Waals surface area (Å²) in [5, 5.41) is 0. The second-order valence-electron chi connectivity index (χ2n) is 5.51. The summed E-state index contributed by atoms with van der Waals surface area (Å²) in [6.07, 6.45) is 1.72. The Kier molecular flexibility index (Phi) is 3.56. The van der Waals surface area contributed by atoms with Gasteiger partial charge in [0, 0.05) is 12.3 Å². The lowest BCUT2D eigenvalue weighted by molar-refractivity contribution is 0.208. The number of hydrogen-bond donors (Lipinski definition) is 1. The van der Waals surface area contributed by atoms with Crippen LogP contribution in [0, 0.1) is 0 Å². The van der Waals surface area contributed by atoms with Gasteiger partial charge in [-0.25, -0.2) is 4.98 Å². The van der Waals surface area contributed by atoms with Crippen LogP contribution in [0.4, 0.5) is 5.95 Å². The lowest BCUT2D eigenvalue weighted by Crippen LogP contribution is -2.45. The number of furan rings is 1. The van der Waals surface area contributed by atoms with E-state index in [1.807, 2.05) is 18.2 Å². The molecule has 3 heterocycles. The van der Waals surface area contributed by atoms with Crippen LogP contribution in [0.25, 0.3) is 11.0 Å². The first-order valence-electron chi connectivity index (χ1n) is 7.41. The zero-order chi connectivity index (χ0) is 14.9. The van der Waals surface area contributed by atoms with Crippen molar-refractivity contribution in [3.05, 3.63) is 48.4 Å². The van der Waals surface area contributed by atoms with Crippen molar-refractivity contribution >= 4 is 29.6 Å². The number of anilines is 1. The number of nitrogens with zero attached hydrogens (tertiary/aromatic N) is 4. The van der Waals surface area contributed by atoms with E-state index in [1.54, 1.807) is 6.26 Å². The second kappa shape index (κ2) is 5.70. The van der Waals surface area contributed by atoms with Gasteiger partial charge >= 0.3 is 0 Å². The van der Waals surface area contributed by atoms with Crippen LogP contribution < -0.4 is 4.90 Å². The largest absolute Gasteiger partial charge is 0.467 e. The summed E-state index contributed by atoms with van der Waals surface area (Å²) in [6, 6.07) is 12.2. The summed E-state index contributed by atoms with van der Waals surface area (Å²) in [6.45, 7) is 3.36. The lowest BCUT2D eigenvalue weighted by Gasteiger charge is -2.36. The summed E-state index contributed by atoms with van der Waals surface area (Å²) in [5.41, 5.74) is 2.21. The maximum absolute atomic E-state index is 5.51. The van der Waals surface area contributed by atoms with E-state index in [0.29, 0.717) is 0 Å². The van der Waals surface area contributed by atoms with Crippen molar-refractivity contribution in [2.45, 2.75) is 13.2 Å². The monoisotopic (exact) mass is 314 g/mol. The number of benzene rings is 1. The van der Waals surface area contributed by atoms with Gasteiger partial charge in [-0.1, -0.05) is 12.1 Å². The van der Waals surface area contributed by atoms with Gasteiger partial charge in [0.15, 0.2) is 0 Å². The molecule has 114 valence electrons. The predicted molar refractivity (Wildman–Crippen MR) is 90.1 cm³/mol. The Morgan fingerprint density at radius 1 is 1.14 bits per heavy atom. The molecule has 1 aromatic carbocycles. The van der Waals surface area contributed by atoms with Crippen molar-refractivity contribution in [2.75, 3.05) is 23.9 Å². The van der Waals surface area contributed by atoms with Crippen molar-refractivity contribution in [1.29, 1.82) is 0 Å². The number of thiol groups is 1. The lowest BCUT2D eigenvalue weighted by atomic mass is 10.3. The third-order valence-electron chi connectivity index (χ3n) is 3.97. The molecule has 3 aromatic rings. The zero-order valence-electron chi connectivity index (χ0n) is 12.2. The predicted octanol–water partition coefficient (Wildman–Crippen LogP) is 2.80. The molecule has 22 heavy (non-hydrogen) atoms. The fourth-order valence-electron chi connectivity index (χ4n) is 2.99. The number of para-hydroxylation sites is 2. The average molecular weight is 314 g/mol. The van der Waals surface area contributed by atoms with Gasteiger partial charge in [0.25, 0.3) is 0 Å². The average Bonchev–Trinajstić information content (AvgIpc) is 3.15. The molecule has 0 atom stereocenters. The van der Waals surface area contributed by atoms with Crippen LogP contribution in [-0.4, -0.2) is 33.4 Å². The molecule has 0 N–H and O–H groups in total. The van der Waals surface area contributed by atoms with Crippen molar-refractivity contribution in [3.8, 4) is 0 Å². The number of aromatic nitrogens is 2. The van der Waals surface area contributed by atoms with Gasteiger partial charge < -0.3 is 9.32 Å². The third kappa shape index (κ3) is 2.38. The number of fused-ring (bicyclic) bond motifs is 3. The molecule has 0 spiro atoms. The molecule has 2 aromatic heterocycles. The molecule has 0 aliphatic carbocycles. The third-order valence-corrected chi connectivity index (χ3v) is 4.17. The van der Waals surface area contributed by atoms with Gasteiger partial charge in [-0.3, -0.25) is 9.47 Å². The first kappa shape index (κ1) is 13.7. The molecule has 1 aliphatic rings. The van der Waals surface area contributed by atoms with E-state index in [0.717, 1.165) is 49.4 Å². The summed E-state index contributed by atoms with van der Waals surface area (Å²) in [5.74, 6) is 2.80. The molecular formula is C16H18N4OS. The molecule has 0 radical (unpaired) electrons. The maximum Gasteiger partial charge on any atom is 0.209 e. The first-order valence-corrected chi connectivity index (χ1v) is 8.04. The van der Waals surface area contributed by atoms with E-state index in [4.69, 9.17) is 9.40 Å². The minimum atomic E-state index is 0.722. The van der Waals surface area contributed by atoms with Crippen molar-refractivity contribution in [1.82, 2.24) is 14.5 Å². The summed E-state index contributed by atoms with van der Waals surface area (Å²) in [7, 11) is 0. The SMILES string of the molecule is SCCN1CN(Cc2ccco2)c2nc3ccccc3n2C1. The molecule has 0 saturated heterocycles. The molecule has 0 amide bonds. The van der Waals surface area contributed by atoms with Gasteiger partial charge in [0.05, 0.1) is 37.2 Å². The molecule has 0 unspecified atom stereocenters. The van der Waals surface area contributed by atoms with Crippen LogP contribution in [0.1, 0.15) is 5.76 Å². The molecule has 5 nitrogen and oxygen atoms in total. The number of rotatable bonds is 4.